The molecule has 2 aromatic rings. The first-order chi connectivity index (χ1) is 9.52. The number of nitrogens with zero attached hydrogens (tertiary/aromatic N) is 2. The normalized spacial score (nSPS) is 10.6. The summed E-state index contributed by atoms with van der Waals surface area (Å²) in [6, 6.07) is 5.76. The number of aromatic nitrogens is 2. The molecule has 1 heterocycles. The third-order valence-corrected chi connectivity index (χ3v) is 3.71. The summed E-state index contributed by atoms with van der Waals surface area (Å²) >= 11 is 0. The summed E-state index contributed by atoms with van der Waals surface area (Å²) in [5.41, 5.74) is 5.19. The Balaban J connectivity index is 2.04. The van der Waals surface area contributed by atoms with Gasteiger partial charge in [-0.25, -0.2) is 0 Å². The van der Waals surface area contributed by atoms with Gasteiger partial charge in [-0.1, -0.05) is 6.07 Å². The van der Waals surface area contributed by atoms with E-state index in [0.29, 0.717) is 12.1 Å². The minimum atomic E-state index is -0.0447. The van der Waals surface area contributed by atoms with Crippen molar-refractivity contribution in [2.45, 2.75) is 40.8 Å². The number of benzene rings is 1. The van der Waals surface area contributed by atoms with Gasteiger partial charge in [-0.2, -0.15) is 5.10 Å². The first-order valence-corrected chi connectivity index (χ1v) is 6.89. The zero-order valence-electron chi connectivity index (χ0n) is 12.5. The van der Waals surface area contributed by atoms with Crippen molar-refractivity contribution in [3.05, 3.63) is 52.3 Å². The molecular formula is C16H21N3O. The van der Waals surface area contributed by atoms with Crippen LogP contribution in [0.3, 0.4) is 0 Å². The van der Waals surface area contributed by atoms with E-state index in [-0.39, 0.29) is 5.91 Å². The fourth-order valence-electron chi connectivity index (χ4n) is 2.14. The van der Waals surface area contributed by atoms with Crippen molar-refractivity contribution in [1.82, 2.24) is 15.1 Å². The number of rotatable bonds is 4. The molecule has 0 aliphatic rings. The Bertz CT molecular complexity index is 629. The van der Waals surface area contributed by atoms with Gasteiger partial charge in [0.15, 0.2) is 0 Å². The van der Waals surface area contributed by atoms with Crippen LogP contribution in [0.25, 0.3) is 0 Å². The standard InChI is InChI=1S/C16H21N3O/c1-5-19-13(4)15(10-18-19)9-17-16(20)14-7-6-11(2)12(3)8-14/h6-8,10H,5,9H2,1-4H3,(H,17,20). The Kier molecular flexibility index (Phi) is 4.23. The Morgan fingerprint density at radius 3 is 2.60 bits per heavy atom. The molecule has 2 rings (SSSR count). The SMILES string of the molecule is CCn1ncc(CNC(=O)c2ccc(C)c(C)c2)c1C. The summed E-state index contributed by atoms with van der Waals surface area (Å²) in [6.07, 6.45) is 1.82. The van der Waals surface area contributed by atoms with Crippen LogP contribution < -0.4 is 5.32 Å². The fraction of sp³-hybridized carbons (Fsp3) is 0.375. The van der Waals surface area contributed by atoms with E-state index >= 15 is 0 Å². The average Bonchev–Trinajstić information content (AvgIpc) is 2.79. The van der Waals surface area contributed by atoms with Gasteiger partial charge >= 0.3 is 0 Å². The van der Waals surface area contributed by atoms with Crippen LogP contribution >= 0.6 is 0 Å². The molecule has 0 fully saturated rings. The van der Waals surface area contributed by atoms with E-state index in [1.165, 1.54) is 5.56 Å². The number of amides is 1. The molecule has 4 nitrogen and oxygen atoms in total. The minimum absolute atomic E-state index is 0.0447. The monoisotopic (exact) mass is 271 g/mol. The van der Waals surface area contributed by atoms with Crippen molar-refractivity contribution in [3.8, 4) is 0 Å². The van der Waals surface area contributed by atoms with Crippen LogP contribution in [-0.4, -0.2) is 15.7 Å². The second kappa shape index (κ2) is 5.90. The number of nitrogens with one attached hydrogen (secondary N) is 1. The lowest BCUT2D eigenvalue weighted by Gasteiger charge is -2.07. The van der Waals surface area contributed by atoms with Gasteiger partial charge in [-0.15, -0.1) is 0 Å². The lowest BCUT2D eigenvalue weighted by molar-refractivity contribution is 0.0951. The first kappa shape index (κ1) is 14.3. The topological polar surface area (TPSA) is 46.9 Å². The van der Waals surface area contributed by atoms with Gasteiger partial charge in [0, 0.05) is 29.9 Å². The quantitative estimate of drug-likeness (QED) is 0.929. The van der Waals surface area contributed by atoms with Gasteiger partial charge in [-0.05, 0) is 51.0 Å². The lowest BCUT2D eigenvalue weighted by Crippen LogP contribution is -2.23. The van der Waals surface area contributed by atoms with Crippen LogP contribution in [0.2, 0.25) is 0 Å². The summed E-state index contributed by atoms with van der Waals surface area (Å²) in [5.74, 6) is -0.0447. The Hall–Kier alpha value is -2.10. The Morgan fingerprint density at radius 2 is 2.00 bits per heavy atom. The highest BCUT2D eigenvalue weighted by atomic mass is 16.1. The maximum atomic E-state index is 12.1. The highest BCUT2D eigenvalue weighted by Crippen LogP contribution is 2.11. The van der Waals surface area contributed by atoms with Crippen molar-refractivity contribution >= 4 is 5.91 Å². The highest BCUT2D eigenvalue weighted by Gasteiger charge is 2.09. The molecule has 1 N–H and O–H groups in total. The van der Waals surface area contributed by atoms with Crippen molar-refractivity contribution in [1.29, 1.82) is 0 Å². The molecule has 1 aromatic heterocycles. The highest BCUT2D eigenvalue weighted by molar-refractivity contribution is 5.94. The second-order valence-corrected chi connectivity index (χ2v) is 5.05. The van der Waals surface area contributed by atoms with Crippen molar-refractivity contribution < 1.29 is 4.79 Å². The number of carbonyl (C=O) groups excluding carboxylic acids is 1. The van der Waals surface area contributed by atoms with E-state index in [1.807, 2.05) is 49.8 Å². The van der Waals surface area contributed by atoms with Crippen LogP contribution in [0.15, 0.2) is 24.4 Å². The molecule has 1 aromatic carbocycles. The molecule has 0 unspecified atom stereocenters. The van der Waals surface area contributed by atoms with E-state index in [2.05, 4.69) is 17.3 Å². The van der Waals surface area contributed by atoms with Gasteiger partial charge in [0.05, 0.1) is 6.20 Å². The van der Waals surface area contributed by atoms with E-state index in [0.717, 1.165) is 23.4 Å². The fourth-order valence-corrected chi connectivity index (χ4v) is 2.14. The number of hydrogen-bond donors (Lipinski definition) is 1. The molecule has 0 spiro atoms. The average molecular weight is 271 g/mol. The van der Waals surface area contributed by atoms with Gasteiger partial charge in [-0.3, -0.25) is 9.48 Å². The third-order valence-electron chi connectivity index (χ3n) is 3.71. The summed E-state index contributed by atoms with van der Waals surface area (Å²) in [5, 5.41) is 7.22. The molecule has 0 bridgehead atoms. The van der Waals surface area contributed by atoms with E-state index in [9.17, 15) is 4.79 Å². The van der Waals surface area contributed by atoms with Crippen LogP contribution in [0.4, 0.5) is 0 Å². The summed E-state index contributed by atoms with van der Waals surface area (Å²) < 4.78 is 1.93. The predicted octanol–water partition coefficient (Wildman–Crippen LogP) is 2.76. The smallest absolute Gasteiger partial charge is 0.251 e. The number of aryl methyl sites for hydroxylation is 3. The second-order valence-electron chi connectivity index (χ2n) is 5.05. The summed E-state index contributed by atoms with van der Waals surface area (Å²) in [4.78, 5) is 12.1. The van der Waals surface area contributed by atoms with E-state index < -0.39 is 0 Å². The largest absolute Gasteiger partial charge is 0.348 e. The van der Waals surface area contributed by atoms with E-state index in [1.54, 1.807) is 0 Å². The van der Waals surface area contributed by atoms with Crippen LogP contribution in [0.5, 0.6) is 0 Å². The van der Waals surface area contributed by atoms with Gasteiger partial charge in [0.2, 0.25) is 0 Å². The van der Waals surface area contributed by atoms with Crippen molar-refractivity contribution in [2.75, 3.05) is 0 Å². The zero-order valence-corrected chi connectivity index (χ0v) is 12.5. The lowest BCUT2D eigenvalue weighted by atomic mass is 10.1. The minimum Gasteiger partial charge on any atom is -0.348 e. The van der Waals surface area contributed by atoms with Crippen molar-refractivity contribution in [3.63, 3.8) is 0 Å². The van der Waals surface area contributed by atoms with Crippen LogP contribution in [0.1, 0.15) is 39.7 Å². The first-order valence-electron chi connectivity index (χ1n) is 6.89. The molecule has 0 saturated heterocycles. The van der Waals surface area contributed by atoms with Crippen LogP contribution in [0, 0.1) is 20.8 Å². The summed E-state index contributed by atoms with van der Waals surface area (Å²) in [6.45, 7) is 9.49. The molecule has 1 amide bonds. The van der Waals surface area contributed by atoms with Gasteiger partial charge in [0.1, 0.15) is 0 Å². The molecule has 20 heavy (non-hydrogen) atoms. The molecule has 4 heteroatoms. The predicted molar refractivity (Wildman–Crippen MR) is 79.7 cm³/mol. The Morgan fingerprint density at radius 1 is 1.25 bits per heavy atom. The maximum absolute atomic E-state index is 12.1. The molecule has 0 saturated carbocycles. The summed E-state index contributed by atoms with van der Waals surface area (Å²) in [7, 11) is 0. The van der Waals surface area contributed by atoms with Crippen molar-refractivity contribution in [2.24, 2.45) is 0 Å². The molecule has 106 valence electrons. The number of hydrogen-bond acceptors (Lipinski definition) is 2. The molecular weight excluding hydrogens is 250 g/mol. The van der Waals surface area contributed by atoms with Crippen LogP contribution in [-0.2, 0) is 13.1 Å². The number of carbonyl (C=O) groups is 1. The Labute approximate surface area is 119 Å². The molecule has 0 radical (unpaired) electrons. The zero-order chi connectivity index (χ0) is 14.7. The van der Waals surface area contributed by atoms with E-state index in [4.69, 9.17) is 0 Å². The van der Waals surface area contributed by atoms with Gasteiger partial charge < -0.3 is 5.32 Å². The maximum Gasteiger partial charge on any atom is 0.251 e. The molecule has 0 aliphatic carbocycles. The molecule has 0 aliphatic heterocycles. The van der Waals surface area contributed by atoms with Gasteiger partial charge in [0.25, 0.3) is 5.91 Å². The molecule has 0 atom stereocenters. The third kappa shape index (κ3) is 2.90.